The minimum atomic E-state index is 0.523. The first-order chi connectivity index (χ1) is 9.80. The van der Waals surface area contributed by atoms with Crippen LogP contribution in [0, 0.1) is 11.3 Å². The standard InChI is InChI=1S/C15H14N4O/c1-2-3-14-17-15(20-18-14)10-19-7-6-12-5-4-11(9-16)8-13(12)19/h4-8H,2-3,10H2,1H3. The average Bonchev–Trinajstić information content (AvgIpc) is 3.07. The number of aromatic nitrogens is 3. The van der Waals surface area contributed by atoms with Crippen LogP contribution in [0.3, 0.4) is 0 Å². The summed E-state index contributed by atoms with van der Waals surface area (Å²) in [5.74, 6) is 1.34. The Kier molecular flexibility index (Phi) is 3.21. The van der Waals surface area contributed by atoms with Crippen molar-refractivity contribution >= 4 is 10.9 Å². The summed E-state index contributed by atoms with van der Waals surface area (Å²) in [5.41, 5.74) is 1.65. The van der Waals surface area contributed by atoms with Gasteiger partial charge in [0, 0.05) is 18.1 Å². The monoisotopic (exact) mass is 266 g/mol. The van der Waals surface area contributed by atoms with E-state index in [0.29, 0.717) is 18.0 Å². The highest BCUT2D eigenvalue weighted by atomic mass is 16.5. The molecule has 0 saturated heterocycles. The van der Waals surface area contributed by atoms with E-state index in [9.17, 15) is 0 Å². The van der Waals surface area contributed by atoms with E-state index in [2.05, 4.69) is 23.1 Å². The summed E-state index contributed by atoms with van der Waals surface area (Å²) in [6.07, 6.45) is 3.79. The molecule has 0 aliphatic heterocycles. The lowest BCUT2D eigenvalue weighted by Gasteiger charge is -2.01. The molecule has 0 atom stereocenters. The van der Waals surface area contributed by atoms with Crippen LogP contribution in [0.5, 0.6) is 0 Å². The fourth-order valence-electron chi connectivity index (χ4n) is 2.22. The van der Waals surface area contributed by atoms with Crippen molar-refractivity contribution in [1.82, 2.24) is 14.7 Å². The number of hydrogen-bond acceptors (Lipinski definition) is 4. The molecule has 2 aromatic heterocycles. The first-order valence-corrected chi connectivity index (χ1v) is 6.60. The Labute approximate surface area is 116 Å². The van der Waals surface area contributed by atoms with Gasteiger partial charge in [0.05, 0.1) is 11.6 Å². The Balaban J connectivity index is 1.91. The van der Waals surface area contributed by atoms with Crippen molar-refractivity contribution in [2.75, 3.05) is 0 Å². The van der Waals surface area contributed by atoms with Crippen molar-refractivity contribution in [1.29, 1.82) is 5.26 Å². The van der Waals surface area contributed by atoms with E-state index in [0.717, 1.165) is 29.6 Å². The molecule has 0 aliphatic rings. The van der Waals surface area contributed by atoms with Crippen LogP contribution < -0.4 is 0 Å². The fraction of sp³-hybridized carbons (Fsp3) is 0.267. The van der Waals surface area contributed by atoms with Gasteiger partial charge in [0.2, 0.25) is 5.89 Å². The quantitative estimate of drug-likeness (QED) is 0.728. The number of nitrogens with zero attached hydrogens (tertiary/aromatic N) is 4. The second kappa shape index (κ2) is 5.17. The molecule has 0 saturated carbocycles. The Bertz CT molecular complexity index is 779. The van der Waals surface area contributed by atoms with Gasteiger partial charge in [-0.1, -0.05) is 18.1 Å². The van der Waals surface area contributed by atoms with Crippen molar-refractivity contribution in [2.24, 2.45) is 0 Å². The highest BCUT2D eigenvalue weighted by Gasteiger charge is 2.08. The molecule has 3 rings (SSSR count). The van der Waals surface area contributed by atoms with Crippen molar-refractivity contribution in [3.8, 4) is 6.07 Å². The highest BCUT2D eigenvalue weighted by molar-refractivity contribution is 5.81. The molecule has 100 valence electrons. The largest absolute Gasteiger partial charge is 0.338 e. The maximum absolute atomic E-state index is 8.98. The molecule has 0 amide bonds. The molecule has 0 aliphatic carbocycles. The van der Waals surface area contributed by atoms with Gasteiger partial charge in [-0.15, -0.1) is 0 Å². The first kappa shape index (κ1) is 12.4. The lowest BCUT2D eigenvalue weighted by molar-refractivity contribution is 0.367. The summed E-state index contributed by atoms with van der Waals surface area (Å²) in [6, 6.07) is 9.81. The number of fused-ring (bicyclic) bond motifs is 1. The van der Waals surface area contributed by atoms with Crippen molar-refractivity contribution in [3.63, 3.8) is 0 Å². The van der Waals surface area contributed by atoms with E-state index in [4.69, 9.17) is 9.78 Å². The van der Waals surface area contributed by atoms with Gasteiger partial charge in [0.15, 0.2) is 5.82 Å². The van der Waals surface area contributed by atoms with Crippen LogP contribution in [-0.4, -0.2) is 14.7 Å². The number of nitriles is 1. The number of hydrogen-bond donors (Lipinski definition) is 0. The second-order valence-corrected chi connectivity index (χ2v) is 4.68. The highest BCUT2D eigenvalue weighted by Crippen LogP contribution is 2.18. The van der Waals surface area contributed by atoms with Crippen LogP contribution in [0.2, 0.25) is 0 Å². The third-order valence-corrected chi connectivity index (χ3v) is 3.19. The summed E-state index contributed by atoms with van der Waals surface area (Å²) in [6.45, 7) is 2.61. The summed E-state index contributed by atoms with van der Waals surface area (Å²) in [7, 11) is 0. The second-order valence-electron chi connectivity index (χ2n) is 4.68. The summed E-state index contributed by atoms with van der Waals surface area (Å²) in [4.78, 5) is 4.36. The number of rotatable bonds is 4. The van der Waals surface area contributed by atoms with E-state index in [1.165, 1.54) is 0 Å². The van der Waals surface area contributed by atoms with E-state index >= 15 is 0 Å². The zero-order chi connectivity index (χ0) is 13.9. The third-order valence-electron chi connectivity index (χ3n) is 3.19. The molecule has 5 nitrogen and oxygen atoms in total. The van der Waals surface area contributed by atoms with E-state index in [-0.39, 0.29) is 0 Å². The van der Waals surface area contributed by atoms with Gasteiger partial charge in [-0.3, -0.25) is 0 Å². The normalized spacial score (nSPS) is 10.8. The predicted octanol–water partition coefficient (Wildman–Crippen LogP) is 2.90. The minimum absolute atomic E-state index is 0.523. The van der Waals surface area contributed by atoms with Crippen LogP contribution >= 0.6 is 0 Å². The first-order valence-electron chi connectivity index (χ1n) is 6.60. The molecule has 0 fully saturated rings. The molecule has 20 heavy (non-hydrogen) atoms. The zero-order valence-electron chi connectivity index (χ0n) is 11.2. The van der Waals surface area contributed by atoms with Gasteiger partial charge in [0.1, 0.15) is 6.54 Å². The number of aryl methyl sites for hydroxylation is 1. The van der Waals surface area contributed by atoms with Crippen molar-refractivity contribution in [2.45, 2.75) is 26.3 Å². The molecular weight excluding hydrogens is 252 g/mol. The lowest BCUT2D eigenvalue weighted by atomic mass is 10.2. The molecule has 0 radical (unpaired) electrons. The van der Waals surface area contributed by atoms with E-state index in [1.54, 1.807) is 0 Å². The van der Waals surface area contributed by atoms with Crippen LogP contribution in [-0.2, 0) is 13.0 Å². The molecule has 2 heterocycles. The lowest BCUT2D eigenvalue weighted by Crippen LogP contribution is -1.98. The smallest absolute Gasteiger partial charge is 0.246 e. The molecular formula is C15H14N4O. The topological polar surface area (TPSA) is 67.6 Å². The third kappa shape index (κ3) is 2.28. The Hall–Kier alpha value is -2.61. The predicted molar refractivity (Wildman–Crippen MR) is 74.0 cm³/mol. The van der Waals surface area contributed by atoms with Crippen LogP contribution in [0.1, 0.15) is 30.6 Å². The van der Waals surface area contributed by atoms with Gasteiger partial charge in [-0.25, -0.2) is 0 Å². The van der Waals surface area contributed by atoms with Gasteiger partial charge >= 0.3 is 0 Å². The molecule has 1 aromatic carbocycles. The summed E-state index contributed by atoms with van der Waals surface area (Å²) >= 11 is 0. The van der Waals surface area contributed by atoms with Crippen LogP contribution in [0.4, 0.5) is 0 Å². The van der Waals surface area contributed by atoms with Crippen molar-refractivity contribution in [3.05, 3.63) is 47.7 Å². The fourth-order valence-corrected chi connectivity index (χ4v) is 2.22. The van der Waals surface area contributed by atoms with Gasteiger partial charge in [0.25, 0.3) is 0 Å². The minimum Gasteiger partial charge on any atom is -0.338 e. The van der Waals surface area contributed by atoms with E-state index in [1.807, 2.05) is 35.0 Å². The Morgan fingerprint density at radius 3 is 3.05 bits per heavy atom. The molecule has 5 heteroatoms. The van der Waals surface area contributed by atoms with Gasteiger partial charge in [-0.2, -0.15) is 10.2 Å². The molecule has 0 unspecified atom stereocenters. The summed E-state index contributed by atoms with van der Waals surface area (Å²) in [5, 5.41) is 14.0. The Morgan fingerprint density at radius 2 is 2.25 bits per heavy atom. The molecule has 0 N–H and O–H groups in total. The maximum Gasteiger partial charge on any atom is 0.246 e. The Morgan fingerprint density at radius 1 is 1.35 bits per heavy atom. The van der Waals surface area contributed by atoms with Crippen LogP contribution in [0.25, 0.3) is 10.9 Å². The summed E-state index contributed by atoms with van der Waals surface area (Å²) < 4.78 is 7.26. The van der Waals surface area contributed by atoms with Gasteiger partial charge < -0.3 is 9.09 Å². The molecule has 3 aromatic rings. The SMILES string of the molecule is CCCc1noc(Cn2ccc3ccc(C#N)cc32)n1. The number of benzene rings is 1. The molecule has 0 bridgehead atoms. The maximum atomic E-state index is 8.98. The average molecular weight is 266 g/mol. The van der Waals surface area contributed by atoms with Crippen molar-refractivity contribution < 1.29 is 4.52 Å². The zero-order valence-corrected chi connectivity index (χ0v) is 11.2. The molecule has 0 spiro atoms. The van der Waals surface area contributed by atoms with E-state index < -0.39 is 0 Å². The van der Waals surface area contributed by atoms with Gasteiger partial charge in [-0.05, 0) is 30.0 Å². The van der Waals surface area contributed by atoms with Crippen LogP contribution in [0.15, 0.2) is 35.0 Å².